The Labute approximate surface area is 441 Å². The van der Waals surface area contributed by atoms with Gasteiger partial charge in [-0.1, -0.05) is 0 Å². The van der Waals surface area contributed by atoms with Crippen LogP contribution in [-0.4, -0.2) is 338 Å². The molecule has 0 aromatic carbocycles. The Bertz CT molecular complexity index is 1950. The summed E-state index contributed by atoms with van der Waals surface area (Å²) in [5.41, 5.74) is 0. The molecule has 6 saturated heterocycles. The molecule has 0 radical (unpaired) electrons. The number of carboxylic acid groups (broad SMARTS) is 1. The summed E-state index contributed by atoms with van der Waals surface area (Å²) in [4.78, 5) is 38.4. The van der Waals surface area contributed by atoms with Crippen molar-refractivity contribution in [1.29, 1.82) is 0 Å². The summed E-state index contributed by atoms with van der Waals surface area (Å²) in [6.07, 6.45) is -57.9. The highest BCUT2D eigenvalue weighted by atomic mass is 16.8. The second-order valence-corrected chi connectivity index (χ2v) is 19.7. The van der Waals surface area contributed by atoms with Crippen LogP contribution in [-0.2, 0) is 66.5 Å². The van der Waals surface area contributed by atoms with Crippen LogP contribution in [0.1, 0.15) is 27.2 Å². The number of carboxylic acids is 1. The normalized spacial score (nSPS) is 48.1. The smallest absolute Gasteiger partial charge is 0.364 e. The van der Waals surface area contributed by atoms with E-state index in [9.17, 15) is 111 Å². The first-order valence-electron chi connectivity index (χ1n) is 24.6. The van der Waals surface area contributed by atoms with E-state index < -0.39 is 247 Å². The number of ether oxygens (including phenoxy) is 11. The van der Waals surface area contributed by atoms with Crippen LogP contribution >= 0.6 is 0 Å². The summed E-state index contributed by atoms with van der Waals surface area (Å²) in [5.74, 6) is -7.01. The number of hydrogen-bond donors (Lipinski definition) is 21. The molecule has 31 atom stereocenters. The van der Waals surface area contributed by atoms with E-state index in [2.05, 4.69) is 10.6 Å². The summed E-state index contributed by atoms with van der Waals surface area (Å²) in [5, 5.41) is 209. The molecule has 78 heavy (non-hydrogen) atoms. The van der Waals surface area contributed by atoms with Crippen molar-refractivity contribution in [3.8, 4) is 0 Å². The van der Waals surface area contributed by atoms with Gasteiger partial charge < -0.3 is 160 Å². The third-order valence-electron chi connectivity index (χ3n) is 14.2. The number of hydrogen-bond acceptors (Lipinski definition) is 32. The van der Waals surface area contributed by atoms with Crippen molar-refractivity contribution in [2.75, 3.05) is 33.0 Å². The topological polar surface area (TPSA) is 561 Å². The van der Waals surface area contributed by atoms with Crippen molar-refractivity contribution in [2.24, 2.45) is 0 Å². The maximum absolute atomic E-state index is 13.2. The number of carbonyl (C=O) groups excluding carboxylic acids is 2. The molecule has 0 spiro atoms. The van der Waals surface area contributed by atoms with Crippen LogP contribution in [0, 0.1) is 0 Å². The first-order chi connectivity index (χ1) is 36.6. The van der Waals surface area contributed by atoms with E-state index in [1.807, 2.05) is 0 Å². The lowest BCUT2D eigenvalue weighted by Gasteiger charge is -2.51. The van der Waals surface area contributed by atoms with Gasteiger partial charge in [-0.25, -0.2) is 4.79 Å². The molecule has 2 amide bonds. The van der Waals surface area contributed by atoms with Crippen LogP contribution in [0.5, 0.6) is 0 Å². The molecule has 0 saturated carbocycles. The van der Waals surface area contributed by atoms with Gasteiger partial charge in [0, 0.05) is 20.3 Å². The van der Waals surface area contributed by atoms with Crippen molar-refractivity contribution in [3.05, 3.63) is 0 Å². The van der Waals surface area contributed by atoms with E-state index in [0.29, 0.717) is 0 Å². The van der Waals surface area contributed by atoms with E-state index in [1.165, 1.54) is 6.92 Å². The van der Waals surface area contributed by atoms with Crippen molar-refractivity contribution in [1.82, 2.24) is 10.6 Å². The third-order valence-corrected chi connectivity index (χ3v) is 14.2. The molecule has 21 N–H and O–H groups in total. The molecule has 6 aliphatic heterocycles. The monoisotopic (exact) mass is 1140 g/mol. The fourth-order valence-corrected chi connectivity index (χ4v) is 9.83. The maximum atomic E-state index is 13.2. The lowest BCUT2D eigenvalue weighted by Crippen LogP contribution is -2.71. The van der Waals surface area contributed by atoms with Gasteiger partial charge in [0.1, 0.15) is 134 Å². The summed E-state index contributed by atoms with van der Waals surface area (Å²) < 4.78 is 63.3. The summed E-state index contributed by atoms with van der Waals surface area (Å²) in [6.45, 7) is -2.36. The molecule has 35 heteroatoms. The van der Waals surface area contributed by atoms with Crippen LogP contribution in [0.15, 0.2) is 0 Å². The highest BCUT2D eigenvalue weighted by molar-refractivity contribution is 5.76. The van der Waals surface area contributed by atoms with Crippen molar-refractivity contribution in [3.63, 3.8) is 0 Å². The number of aliphatic hydroxyl groups is 18. The number of amides is 2. The summed E-state index contributed by atoms with van der Waals surface area (Å²) in [7, 11) is 0. The van der Waals surface area contributed by atoms with Crippen LogP contribution in [0.2, 0.25) is 0 Å². The molecule has 1 unspecified atom stereocenters. The first-order valence-corrected chi connectivity index (χ1v) is 24.6. The van der Waals surface area contributed by atoms with Gasteiger partial charge in [0.05, 0.1) is 51.3 Å². The molecule has 0 aromatic heterocycles. The zero-order valence-corrected chi connectivity index (χ0v) is 41.8. The zero-order chi connectivity index (χ0) is 58.0. The average molecular weight is 1150 g/mol. The summed E-state index contributed by atoms with van der Waals surface area (Å²) in [6, 6.07) is -3.69. The van der Waals surface area contributed by atoms with E-state index in [0.717, 1.165) is 13.8 Å². The van der Waals surface area contributed by atoms with Gasteiger partial charge in [-0.2, -0.15) is 0 Å². The molecule has 35 nitrogen and oxygen atoms in total. The Hall–Kier alpha value is -2.75. The maximum Gasteiger partial charge on any atom is 0.364 e. The Balaban J connectivity index is 1.41. The number of aliphatic carboxylic acids is 1. The van der Waals surface area contributed by atoms with Gasteiger partial charge in [-0.05, 0) is 6.92 Å². The zero-order valence-electron chi connectivity index (χ0n) is 41.8. The molecule has 6 heterocycles. The van der Waals surface area contributed by atoms with E-state index in [-0.39, 0.29) is 0 Å². The van der Waals surface area contributed by atoms with Gasteiger partial charge in [-0.15, -0.1) is 0 Å². The number of rotatable bonds is 20. The molecular formula is C43H72N2O33. The molecule has 6 aliphatic rings. The minimum absolute atomic E-state index is 0.835. The second-order valence-electron chi connectivity index (χ2n) is 19.7. The van der Waals surface area contributed by atoms with Crippen LogP contribution < -0.4 is 10.6 Å². The van der Waals surface area contributed by atoms with Crippen molar-refractivity contribution < 1.29 is 164 Å². The average Bonchev–Trinajstić information content (AvgIpc) is 3.40. The van der Waals surface area contributed by atoms with Crippen LogP contribution in [0.4, 0.5) is 0 Å². The Kier molecular flexibility index (Phi) is 22.4. The minimum atomic E-state index is -3.13. The van der Waals surface area contributed by atoms with E-state index in [4.69, 9.17) is 52.1 Å². The Morgan fingerprint density at radius 1 is 0.538 bits per heavy atom. The molecular weight excluding hydrogens is 1070 g/mol. The summed E-state index contributed by atoms with van der Waals surface area (Å²) >= 11 is 0. The molecule has 0 bridgehead atoms. The number of aliphatic hydroxyl groups excluding tert-OH is 18. The SMILES string of the molecule is CC(=O)N[C@H]1[C@H](O[C@H]2[C@@H](O)[C@@H](CO)O[C@@H](O[C@H]3[C@@H](O)[C@@H](O)C(O)O[C@@H]3CO)[C@@H]2O)O[C@H](CO[C@]2(C(=O)O)C[C@H](O)[C@@H](NC(C)=O)[C@@H]([C@H](O)[C@H](O)CO)O2)[C@@H](O)[C@@H]1O[C@@H]1O[C@H](CO)[C@H](O)[C@H](O)[C@H]1O[C@@H]1O[C@@H](C)[C@@H](O)[C@@H](O)[C@@H]1O. The number of nitrogens with one attached hydrogen (secondary N) is 2. The predicted molar refractivity (Wildman–Crippen MR) is 238 cm³/mol. The standard InChI is InChI=1S/C43H72N2O33/c1-10-21(54)26(59)30(63)39(69-10)77-36-27(60)23(56)15(6-47)72-41(36)75-33-20(45-12(3)51)38(76-35-24(57)16(7-48)71-40(31(35)64)74-32-17(8-49)70-37(65)29(62)28(32)61)73-18(25(33)58)9-68-43(42(66)67)4-13(52)19(44-11(2)50)34(78-43)22(55)14(53)5-46/h10,13-41,46-49,52-65H,4-9H2,1-3H3,(H,44,50)(H,45,51)(H,66,67)/t10-,13-,14+,15+,16+,17+,18+,19+,20+,21+,22+,23-,24-,25+,26+,27-,28-,29+,30-,31+,32+,33+,34-,35-,36+,37?,38-,39-,40-,41-,43+/m0/s1. The third kappa shape index (κ3) is 13.7. The lowest BCUT2D eigenvalue weighted by atomic mass is 9.88. The Morgan fingerprint density at radius 3 is 1.64 bits per heavy atom. The number of carbonyl (C=O) groups is 3. The second kappa shape index (κ2) is 27.1. The highest BCUT2D eigenvalue weighted by Gasteiger charge is 2.60. The van der Waals surface area contributed by atoms with Crippen LogP contribution in [0.25, 0.3) is 0 Å². The predicted octanol–water partition coefficient (Wildman–Crippen LogP) is -13.6. The largest absolute Gasteiger partial charge is 0.477 e. The lowest BCUT2D eigenvalue weighted by molar-refractivity contribution is -0.392. The van der Waals surface area contributed by atoms with Gasteiger partial charge in [0.2, 0.25) is 11.8 Å². The van der Waals surface area contributed by atoms with E-state index in [1.54, 1.807) is 0 Å². The molecule has 0 aromatic rings. The van der Waals surface area contributed by atoms with Gasteiger partial charge in [-0.3, -0.25) is 9.59 Å². The van der Waals surface area contributed by atoms with Crippen molar-refractivity contribution >= 4 is 17.8 Å². The molecule has 6 rings (SSSR count). The molecule has 0 aliphatic carbocycles. The van der Waals surface area contributed by atoms with E-state index >= 15 is 0 Å². The fraction of sp³-hybridized carbons (Fsp3) is 0.930. The van der Waals surface area contributed by atoms with Crippen molar-refractivity contribution in [2.45, 2.75) is 217 Å². The highest BCUT2D eigenvalue weighted by Crippen LogP contribution is 2.39. The molecule has 452 valence electrons. The van der Waals surface area contributed by atoms with Gasteiger partial charge in [0.25, 0.3) is 5.79 Å². The quantitative estimate of drug-likeness (QED) is 0.0538. The Morgan fingerprint density at radius 2 is 1.05 bits per heavy atom. The fourth-order valence-electron chi connectivity index (χ4n) is 9.83. The van der Waals surface area contributed by atoms with Gasteiger partial charge >= 0.3 is 5.97 Å². The minimum Gasteiger partial charge on any atom is -0.477 e. The first kappa shape index (κ1) is 64.4. The molecule has 6 fully saturated rings. The van der Waals surface area contributed by atoms with Gasteiger partial charge in [0.15, 0.2) is 31.5 Å². The van der Waals surface area contributed by atoms with Crippen LogP contribution in [0.3, 0.4) is 0 Å².